The van der Waals surface area contributed by atoms with Crippen molar-refractivity contribution in [1.29, 1.82) is 0 Å². The van der Waals surface area contributed by atoms with E-state index in [9.17, 15) is 0 Å². The molecular formula is C10H11NO2. The molecular weight excluding hydrogens is 166 g/mol. The first-order valence-corrected chi connectivity index (χ1v) is 4.26. The lowest BCUT2D eigenvalue weighted by Gasteiger charge is -2.04. The van der Waals surface area contributed by atoms with Crippen LogP contribution in [0.3, 0.4) is 0 Å². The number of aromatic hydroxyl groups is 1. The normalized spacial score (nSPS) is 20.2. The summed E-state index contributed by atoms with van der Waals surface area (Å²) in [6, 6.07) is 7.43. The maximum absolute atomic E-state index is 9.06. The molecule has 0 spiro atoms. The molecule has 0 bridgehead atoms. The zero-order valence-corrected chi connectivity index (χ0v) is 7.18. The predicted molar refractivity (Wildman–Crippen MR) is 50.0 cm³/mol. The van der Waals surface area contributed by atoms with Crippen LogP contribution in [0.15, 0.2) is 29.3 Å². The monoisotopic (exact) mass is 177 g/mol. The molecule has 1 N–H and O–H groups in total. The van der Waals surface area contributed by atoms with Crippen molar-refractivity contribution in [2.75, 3.05) is 6.61 Å². The van der Waals surface area contributed by atoms with Gasteiger partial charge in [-0.2, -0.15) is 0 Å². The molecule has 13 heavy (non-hydrogen) atoms. The first kappa shape index (κ1) is 8.10. The second kappa shape index (κ2) is 3.47. The van der Waals surface area contributed by atoms with E-state index in [4.69, 9.17) is 9.84 Å². The molecule has 0 fully saturated rings. The minimum atomic E-state index is 0.240. The molecule has 0 saturated heterocycles. The van der Waals surface area contributed by atoms with Gasteiger partial charge in [0.05, 0.1) is 6.04 Å². The Kier molecular flexibility index (Phi) is 2.17. The Hall–Kier alpha value is -1.51. The third-order valence-corrected chi connectivity index (χ3v) is 2.04. The Balaban J connectivity index is 2.01. The van der Waals surface area contributed by atoms with Crippen molar-refractivity contribution in [3.8, 4) is 5.75 Å². The van der Waals surface area contributed by atoms with Crippen molar-refractivity contribution in [3.05, 3.63) is 29.8 Å². The maximum atomic E-state index is 9.06. The average molecular weight is 177 g/mol. The SMILES string of the molecule is Oc1ccc(C[C@H]2COC=N2)cc1. The molecule has 0 unspecified atom stereocenters. The highest BCUT2D eigenvalue weighted by Gasteiger charge is 2.11. The topological polar surface area (TPSA) is 41.8 Å². The quantitative estimate of drug-likeness (QED) is 0.741. The number of hydrogen-bond acceptors (Lipinski definition) is 3. The van der Waals surface area contributed by atoms with Crippen molar-refractivity contribution in [1.82, 2.24) is 0 Å². The number of ether oxygens (including phenoxy) is 1. The number of hydrogen-bond donors (Lipinski definition) is 1. The van der Waals surface area contributed by atoms with Crippen LogP contribution in [0.4, 0.5) is 0 Å². The fourth-order valence-electron chi connectivity index (χ4n) is 1.34. The minimum absolute atomic E-state index is 0.240. The third-order valence-electron chi connectivity index (χ3n) is 2.04. The number of phenolic OH excluding ortho intramolecular Hbond substituents is 1. The second-order valence-corrected chi connectivity index (χ2v) is 3.11. The van der Waals surface area contributed by atoms with E-state index in [-0.39, 0.29) is 6.04 Å². The van der Waals surface area contributed by atoms with Crippen molar-refractivity contribution >= 4 is 6.40 Å². The van der Waals surface area contributed by atoms with E-state index in [1.165, 1.54) is 12.0 Å². The van der Waals surface area contributed by atoms with E-state index in [0.717, 1.165) is 6.42 Å². The van der Waals surface area contributed by atoms with Gasteiger partial charge in [0.1, 0.15) is 12.4 Å². The Morgan fingerprint density at radius 2 is 2.15 bits per heavy atom. The summed E-state index contributed by atoms with van der Waals surface area (Å²) in [5.41, 5.74) is 1.17. The lowest BCUT2D eigenvalue weighted by atomic mass is 10.1. The first-order chi connectivity index (χ1) is 6.34. The molecule has 1 aliphatic rings. The van der Waals surface area contributed by atoms with Gasteiger partial charge in [-0.25, -0.2) is 0 Å². The smallest absolute Gasteiger partial charge is 0.169 e. The van der Waals surface area contributed by atoms with E-state index < -0.39 is 0 Å². The van der Waals surface area contributed by atoms with Crippen molar-refractivity contribution in [2.45, 2.75) is 12.5 Å². The fraction of sp³-hybridized carbons (Fsp3) is 0.300. The maximum Gasteiger partial charge on any atom is 0.169 e. The zero-order chi connectivity index (χ0) is 9.10. The van der Waals surface area contributed by atoms with Gasteiger partial charge >= 0.3 is 0 Å². The fourth-order valence-corrected chi connectivity index (χ4v) is 1.34. The number of rotatable bonds is 2. The summed E-state index contributed by atoms with van der Waals surface area (Å²) in [4.78, 5) is 4.14. The Bertz CT molecular complexity index is 305. The van der Waals surface area contributed by atoms with Gasteiger partial charge in [0.15, 0.2) is 6.40 Å². The average Bonchev–Trinajstić information content (AvgIpc) is 2.62. The number of benzene rings is 1. The lowest BCUT2D eigenvalue weighted by Crippen LogP contribution is -2.09. The molecule has 1 aromatic carbocycles. The van der Waals surface area contributed by atoms with Crippen LogP contribution in [0.25, 0.3) is 0 Å². The van der Waals surface area contributed by atoms with Gasteiger partial charge in [-0.15, -0.1) is 0 Å². The number of phenols is 1. The first-order valence-electron chi connectivity index (χ1n) is 4.26. The predicted octanol–water partition coefficient (Wildman–Crippen LogP) is 1.36. The summed E-state index contributed by atoms with van der Waals surface area (Å²) >= 11 is 0. The Labute approximate surface area is 76.7 Å². The summed E-state index contributed by atoms with van der Waals surface area (Å²) in [6.45, 7) is 0.668. The van der Waals surface area contributed by atoms with Gasteiger partial charge in [-0.1, -0.05) is 12.1 Å². The van der Waals surface area contributed by atoms with E-state index in [1.54, 1.807) is 12.1 Å². The van der Waals surface area contributed by atoms with Gasteiger partial charge in [0.2, 0.25) is 0 Å². The van der Waals surface area contributed by atoms with Crippen LogP contribution in [0.2, 0.25) is 0 Å². The van der Waals surface area contributed by atoms with E-state index in [1.807, 2.05) is 12.1 Å². The van der Waals surface area contributed by atoms with E-state index >= 15 is 0 Å². The van der Waals surface area contributed by atoms with E-state index in [0.29, 0.717) is 12.4 Å². The zero-order valence-electron chi connectivity index (χ0n) is 7.18. The highest BCUT2D eigenvalue weighted by molar-refractivity contribution is 5.49. The van der Waals surface area contributed by atoms with Crippen molar-refractivity contribution < 1.29 is 9.84 Å². The molecule has 1 heterocycles. The van der Waals surface area contributed by atoms with Crippen molar-refractivity contribution in [3.63, 3.8) is 0 Å². The van der Waals surface area contributed by atoms with Crippen molar-refractivity contribution in [2.24, 2.45) is 4.99 Å². The summed E-state index contributed by atoms with van der Waals surface area (Å²) in [7, 11) is 0. The van der Waals surface area contributed by atoms with Crippen LogP contribution >= 0.6 is 0 Å². The van der Waals surface area contributed by atoms with Gasteiger partial charge in [0.25, 0.3) is 0 Å². The van der Waals surface area contributed by atoms with Gasteiger partial charge < -0.3 is 9.84 Å². The molecule has 68 valence electrons. The molecule has 0 amide bonds. The van der Waals surface area contributed by atoms with Crippen LogP contribution in [0, 0.1) is 0 Å². The molecule has 1 aromatic rings. The largest absolute Gasteiger partial charge is 0.508 e. The van der Waals surface area contributed by atoms with Crippen LogP contribution in [0.5, 0.6) is 5.75 Å². The molecule has 0 radical (unpaired) electrons. The highest BCUT2D eigenvalue weighted by atomic mass is 16.5. The van der Waals surface area contributed by atoms with Crippen LogP contribution in [-0.2, 0) is 11.2 Å². The van der Waals surface area contributed by atoms with Crippen LogP contribution in [-0.4, -0.2) is 24.2 Å². The third kappa shape index (κ3) is 1.99. The molecule has 2 rings (SSSR count). The van der Waals surface area contributed by atoms with Crippen LogP contribution in [0.1, 0.15) is 5.56 Å². The van der Waals surface area contributed by atoms with E-state index in [2.05, 4.69) is 4.99 Å². The molecule has 0 aliphatic carbocycles. The molecule has 1 atom stereocenters. The summed E-state index contributed by atoms with van der Waals surface area (Å²) in [5.74, 6) is 0.301. The summed E-state index contributed by atoms with van der Waals surface area (Å²) < 4.78 is 5.01. The minimum Gasteiger partial charge on any atom is -0.508 e. The number of nitrogens with zero attached hydrogens (tertiary/aromatic N) is 1. The molecule has 1 aliphatic heterocycles. The Morgan fingerprint density at radius 1 is 1.38 bits per heavy atom. The number of aliphatic imine (C=N–C) groups is 1. The molecule has 0 saturated carbocycles. The molecule has 3 heteroatoms. The van der Waals surface area contributed by atoms with Gasteiger partial charge in [0, 0.05) is 0 Å². The highest BCUT2D eigenvalue weighted by Crippen LogP contribution is 2.13. The van der Waals surface area contributed by atoms with Gasteiger partial charge in [-0.3, -0.25) is 4.99 Å². The van der Waals surface area contributed by atoms with Gasteiger partial charge in [-0.05, 0) is 24.1 Å². The molecule has 0 aromatic heterocycles. The summed E-state index contributed by atoms with van der Waals surface area (Å²) in [5, 5.41) is 9.06. The molecule has 3 nitrogen and oxygen atoms in total. The van der Waals surface area contributed by atoms with Crippen LogP contribution < -0.4 is 0 Å². The second-order valence-electron chi connectivity index (χ2n) is 3.11. The standard InChI is InChI=1S/C10H11NO2/c12-10-3-1-8(2-4-10)5-9-6-13-7-11-9/h1-4,7,9,12H,5-6H2/t9-/m0/s1. The summed E-state index contributed by atoms with van der Waals surface area (Å²) in [6.07, 6.45) is 2.38. The Morgan fingerprint density at radius 3 is 2.77 bits per heavy atom. The lowest BCUT2D eigenvalue weighted by molar-refractivity contribution is 0.327.